The highest BCUT2D eigenvalue weighted by molar-refractivity contribution is 5.88. The first kappa shape index (κ1) is 20.7. The second kappa shape index (κ2) is 9.98. The predicted molar refractivity (Wildman–Crippen MR) is 125 cm³/mol. The fourth-order valence-corrected chi connectivity index (χ4v) is 4.35. The number of aromatic nitrogens is 3. The Balaban J connectivity index is 1.49. The molecule has 0 spiro atoms. The molecule has 1 aliphatic rings. The molecule has 0 radical (unpaired) electrons. The van der Waals surface area contributed by atoms with E-state index >= 15 is 0 Å². The zero-order chi connectivity index (χ0) is 20.8. The molecule has 0 bridgehead atoms. The predicted octanol–water partition coefficient (Wildman–Crippen LogP) is 5.50. The van der Waals surface area contributed by atoms with Crippen molar-refractivity contribution < 1.29 is 0 Å². The van der Waals surface area contributed by atoms with Crippen LogP contribution in [0.5, 0.6) is 0 Å². The number of benzene rings is 1. The molecule has 5 nitrogen and oxygen atoms in total. The summed E-state index contributed by atoms with van der Waals surface area (Å²) in [5, 5.41) is 8.61. The van der Waals surface area contributed by atoms with Crippen LogP contribution >= 0.6 is 0 Å². The lowest BCUT2D eigenvalue weighted by molar-refractivity contribution is 0.325. The number of para-hydroxylation sites is 1. The second-order valence-corrected chi connectivity index (χ2v) is 8.44. The van der Waals surface area contributed by atoms with Crippen LogP contribution in [0.2, 0.25) is 0 Å². The number of fused-ring (bicyclic) bond motifs is 1. The zero-order valence-electron chi connectivity index (χ0n) is 18.2. The summed E-state index contributed by atoms with van der Waals surface area (Å²) in [6.45, 7) is 5.12. The van der Waals surface area contributed by atoms with Gasteiger partial charge in [-0.05, 0) is 44.7 Å². The monoisotopic (exact) mass is 403 g/mol. The first-order valence-electron chi connectivity index (χ1n) is 11.4. The third kappa shape index (κ3) is 5.14. The van der Waals surface area contributed by atoms with E-state index < -0.39 is 0 Å². The van der Waals surface area contributed by atoms with Gasteiger partial charge >= 0.3 is 0 Å². The number of hydrogen-bond acceptors (Lipinski definition) is 5. The van der Waals surface area contributed by atoms with E-state index in [9.17, 15) is 0 Å². The molecule has 0 saturated heterocycles. The van der Waals surface area contributed by atoms with Crippen LogP contribution in [0.15, 0.2) is 42.7 Å². The third-order valence-electron chi connectivity index (χ3n) is 6.14. The Bertz CT molecular complexity index is 947. The summed E-state index contributed by atoms with van der Waals surface area (Å²) < 4.78 is 0. The van der Waals surface area contributed by atoms with E-state index in [1.807, 2.05) is 31.5 Å². The minimum absolute atomic E-state index is 0.545. The molecule has 1 aromatic carbocycles. The molecule has 3 aromatic rings. The molecule has 2 aromatic heterocycles. The van der Waals surface area contributed by atoms with Gasteiger partial charge in [-0.2, -0.15) is 0 Å². The van der Waals surface area contributed by atoms with E-state index in [0.717, 1.165) is 53.1 Å². The van der Waals surface area contributed by atoms with Crippen molar-refractivity contribution in [2.24, 2.45) is 0 Å². The SMILES string of the molecule is CCC(CCNc1nc2ccccc2cc1-c1cnc(C)cn1)NC1CCCCC1. The Hall–Kier alpha value is -2.53. The smallest absolute Gasteiger partial charge is 0.136 e. The van der Waals surface area contributed by atoms with Gasteiger partial charge in [0.15, 0.2) is 0 Å². The molecule has 1 atom stereocenters. The Morgan fingerprint density at radius 3 is 2.67 bits per heavy atom. The minimum Gasteiger partial charge on any atom is -0.369 e. The summed E-state index contributed by atoms with van der Waals surface area (Å²) in [4.78, 5) is 13.9. The Morgan fingerprint density at radius 2 is 1.90 bits per heavy atom. The molecular formula is C25H33N5. The van der Waals surface area contributed by atoms with Gasteiger partial charge in [-0.3, -0.25) is 9.97 Å². The summed E-state index contributed by atoms with van der Waals surface area (Å²) in [5.74, 6) is 0.888. The highest BCUT2D eigenvalue weighted by atomic mass is 15.0. The number of nitrogens with one attached hydrogen (secondary N) is 2. The molecule has 1 unspecified atom stereocenters. The van der Waals surface area contributed by atoms with E-state index in [2.05, 4.69) is 45.7 Å². The minimum atomic E-state index is 0.545. The van der Waals surface area contributed by atoms with Crippen molar-refractivity contribution in [3.05, 3.63) is 48.4 Å². The van der Waals surface area contributed by atoms with Gasteiger partial charge in [0.1, 0.15) is 5.82 Å². The molecule has 4 rings (SSSR count). The van der Waals surface area contributed by atoms with E-state index in [-0.39, 0.29) is 0 Å². The molecule has 2 N–H and O–H groups in total. The van der Waals surface area contributed by atoms with Crippen LogP contribution in [0, 0.1) is 6.92 Å². The molecule has 0 amide bonds. The van der Waals surface area contributed by atoms with E-state index in [4.69, 9.17) is 4.98 Å². The lowest BCUT2D eigenvalue weighted by atomic mass is 9.94. The average Bonchev–Trinajstić information content (AvgIpc) is 2.79. The molecule has 30 heavy (non-hydrogen) atoms. The average molecular weight is 404 g/mol. The summed E-state index contributed by atoms with van der Waals surface area (Å²) in [7, 11) is 0. The molecule has 1 fully saturated rings. The quantitative estimate of drug-likeness (QED) is 0.520. The highest BCUT2D eigenvalue weighted by Crippen LogP contribution is 2.28. The van der Waals surface area contributed by atoms with Crippen molar-refractivity contribution in [2.45, 2.75) is 70.9 Å². The van der Waals surface area contributed by atoms with Crippen molar-refractivity contribution in [3.8, 4) is 11.3 Å². The van der Waals surface area contributed by atoms with E-state index in [1.54, 1.807) is 0 Å². The fourth-order valence-electron chi connectivity index (χ4n) is 4.35. The van der Waals surface area contributed by atoms with Gasteiger partial charge in [0.2, 0.25) is 0 Å². The summed E-state index contributed by atoms with van der Waals surface area (Å²) >= 11 is 0. The topological polar surface area (TPSA) is 62.7 Å². The molecule has 0 aliphatic heterocycles. The maximum Gasteiger partial charge on any atom is 0.136 e. The first-order valence-corrected chi connectivity index (χ1v) is 11.4. The van der Waals surface area contributed by atoms with Gasteiger partial charge < -0.3 is 10.6 Å². The fraction of sp³-hybridized carbons (Fsp3) is 0.480. The normalized spacial score (nSPS) is 15.9. The molecule has 2 heterocycles. The Kier molecular flexibility index (Phi) is 6.90. The summed E-state index contributed by atoms with van der Waals surface area (Å²) in [6.07, 6.45) is 12.7. The number of aryl methyl sites for hydroxylation is 1. The number of anilines is 1. The van der Waals surface area contributed by atoms with Gasteiger partial charge in [0.25, 0.3) is 0 Å². The maximum absolute atomic E-state index is 4.91. The lowest BCUT2D eigenvalue weighted by Gasteiger charge is -2.28. The van der Waals surface area contributed by atoms with Gasteiger partial charge in [0, 0.05) is 35.8 Å². The van der Waals surface area contributed by atoms with Crippen LogP contribution < -0.4 is 10.6 Å². The van der Waals surface area contributed by atoms with Crippen molar-refractivity contribution in [1.82, 2.24) is 20.3 Å². The molecule has 158 valence electrons. The largest absolute Gasteiger partial charge is 0.369 e. The standard InChI is InChI=1S/C25H33N5/c1-3-20(29-21-10-5-4-6-11-21)13-14-26-25-22(24-17-27-18(2)16-28-24)15-19-9-7-8-12-23(19)30-25/h7-9,12,15-17,20-21,29H,3-6,10-11,13-14H2,1-2H3,(H,26,30). The van der Waals surface area contributed by atoms with Gasteiger partial charge in [-0.25, -0.2) is 4.98 Å². The first-order chi connectivity index (χ1) is 14.7. The Morgan fingerprint density at radius 1 is 1.07 bits per heavy atom. The number of nitrogens with zero attached hydrogens (tertiary/aromatic N) is 3. The molecule has 1 saturated carbocycles. The van der Waals surface area contributed by atoms with E-state index in [0.29, 0.717) is 12.1 Å². The van der Waals surface area contributed by atoms with Crippen LogP contribution in [0.4, 0.5) is 5.82 Å². The Labute approximate surface area is 179 Å². The van der Waals surface area contributed by atoms with Crippen LogP contribution in [0.1, 0.15) is 57.6 Å². The van der Waals surface area contributed by atoms with Crippen LogP contribution in [-0.4, -0.2) is 33.6 Å². The summed E-state index contributed by atoms with van der Waals surface area (Å²) in [6, 6.07) is 11.6. The van der Waals surface area contributed by atoms with Crippen LogP contribution in [0.25, 0.3) is 22.2 Å². The van der Waals surface area contributed by atoms with Crippen molar-refractivity contribution in [1.29, 1.82) is 0 Å². The third-order valence-corrected chi connectivity index (χ3v) is 6.14. The van der Waals surface area contributed by atoms with Crippen molar-refractivity contribution >= 4 is 16.7 Å². The second-order valence-electron chi connectivity index (χ2n) is 8.44. The maximum atomic E-state index is 4.91. The number of rotatable bonds is 8. The molecule has 1 aliphatic carbocycles. The van der Waals surface area contributed by atoms with Gasteiger partial charge in [-0.1, -0.05) is 44.4 Å². The van der Waals surface area contributed by atoms with Gasteiger partial charge in [-0.15, -0.1) is 0 Å². The van der Waals surface area contributed by atoms with Gasteiger partial charge in [0.05, 0.1) is 23.1 Å². The molecular weight excluding hydrogens is 370 g/mol. The van der Waals surface area contributed by atoms with Crippen molar-refractivity contribution in [3.63, 3.8) is 0 Å². The van der Waals surface area contributed by atoms with E-state index in [1.165, 1.54) is 32.1 Å². The van der Waals surface area contributed by atoms with Crippen molar-refractivity contribution in [2.75, 3.05) is 11.9 Å². The van der Waals surface area contributed by atoms with Crippen LogP contribution in [0.3, 0.4) is 0 Å². The highest BCUT2D eigenvalue weighted by Gasteiger charge is 2.17. The number of pyridine rings is 1. The van der Waals surface area contributed by atoms with Crippen LogP contribution in [-0.2, 0) is 0 Å². The summed E-state index contributed by atoms with van der Waals surface area (Å²) in [5.41, 5.74) is 3.78. The zero-order valence-corrected chi connectivity index (χ0v) is 18.2. The lowest BCUT2D eigenvalue weighted by Crippen LogP contribution is -2.40. The number of hydrogen-bond donors (Lipinski definition) is 2. The molecule has 5 heteroatoms.